The smallest absolute Gasteiger partial charge is 0.260 e. The highest BCUT2D eigenvalue weighted by Crippen LogP contribution is 2.42. The number of pyridine rings is 1. The second-order valence-corrected chi connectivity index (χ2v) is 7.87. The van der Waals surface area contributed by atoms with E-state index in [0.717, 1.165) is 43.5 Å². The van der Waals surface area contributed by atoms with E-state index in [1.807, 2.05) is 30.0 Å². The fraction of sp³-hybridized carbons (Fsp3) is 0.455. The molecule has 0 radical (unpaired) electrons. The average molecular weight is 365 g/mol. The number of likely N-dealkylation sites (N-methyl/N-ethyl adjacent to an activating group) is 1. The molecule has 0 spiro atoms. The minimum Gasteiger partial charge on any atom is -0.327 e. The number of nitrogens with zero attached hydrogens (tertiary/aromatic N) is 2. The van der Waals surface area contributed by atoms with Crippen molar-refractivity contribution in [3.63, 3.8) is 0 Å². The summed E-state index contributed by atoms with van der Waals surface area (Å²) in [5.74, 6) is -0.145. The third kappa shape index (κ3) is 3.32. The fourth-order valence-electron chi connectivity index (χ4n) is 4.75. The molecular weight excluding hydrogens is 338 g/mol. The van der Waals surface area contributed by atoms with E-state index in [2.05, 4.69) is 29.1 Å². The van der Waals surface area contributed by atoms with Gasteiger partial charge in [-0.2, -0.15) is 0 Å². The highest BCUT2D eigenvalue weighted by molar-refractivity contribution is 5.94. The predicted octanol–water partition coefficient (Wildman–Crippen LogP) is 3.12. The van der Waals surface area contributed by atoms with Gasteiger partial charge in [0.15, 0.2) is 0 Å². The molecule has 2 saturated heterocycles. The molecule has 0 saturated carbocycles. The summed E-state index contributed by atoms with van der Waals surface area (Å²) in [5, 5.41) is 0. The van der Waals surface area contributed by atoms with Crippen LogP contribution in [-0.2, 0) is 0 Å². The number of aromatic amines is 1. The first-order chi connectivity index (χ1) is 13.1. The predicted molar refractivity (Wildman–Crippen MR) is 106 cm³/mol. The molecule has 27 heavy (non-hydrogen) atoms. The number of carbonyl (C=O) groups is 1. The second-order valence-electron chi connectivity index (χ2n) is 7.87. The van der Waals surface area contributed by atoms with E-state index in [0.29, 0.717) is 6.04 Å². The summed E-state index contributed by atoms with van der Waals surface area (Å²) in [4.78, 5) is 33.2. The summed E-state index contributed by atoms with van der Waals surface area (Å²) in [6.07, 6.45) is 4.18. The molecule has 3 heterocycles. The van der Waals surface area contributed by atoms with Crippen molar-refractivity contribution in [2.45, 2.75) is 50.7 Å². The van der Waals surface area contributed by atoms with Gasteiger partial charge in [-0.25, -0.2) is 0 Å². The standard InChI is InChI=1S/C22H27N3O2/c1-15-11-12-17(21(26)23-15)22(27)25-18-10-6-7-13-24(2)20(18)14-19(25)16-8-4-3-5-9-16/h3-5,8-9,11-12,18-20H,6-7,10,13-14H2,1-2H3,(H,23,26)/t18-,19-,20+/m0/s1. The largest absolute Gasteiger partial charge is 0.327 e. The minimum atomic E-state index is -0.294. The number of rotatable bonds is 2. The van der Waals surface area contributed by atoms with Crippen LogP contribution < -0.4 is 5.56 Å². The molecule has 5 nitrogen and oxygen atoms in total. The van der Waals surface area contributed by atoms with E-state index in [9.17, 15) is 9.59 Å². The van der Waals surface area contributed by atoms with Crippen LogP contribution in [0, 0.1) is 6.92 Å². The Kier molecular flexibility index (Phi) is 4.87. The van der Waals surface area contributed by atoms with E-state index in [-0.39, 0.29) is 29.1 Å². The summed E-state index contributed by atoms with van der Waals surface area (Å²) in [6, 6.07) is 14.2. The summed E-state index contributed by atoms with van der Waals surface area (Å²) in [7, 11) is 2.16. The van der Waals surface area contributed by atoms with Gasteiger partial charge in [0.1, 0.15) is 5.56 Å². The lowest BCUT2D eigenvalue weighted by molar-refractivity contribution is 0.0630. The molecule has 0 unspecified atom stereocenters. The molecule has 2 aliphatic rings. The van der Waals surface area contributed by atoms with Crippen LogP contribution in [0.1, 0.15) is 53.3 Å². The summed E-state index contributed by atoms with van der Waals surface area (Å²) >= 11 is 0. The molecule has 4 rings (SSSR count). The molecule has 5 heteroatoms. The number of hydrogen-bond donors (Lipinski definition) is 1. The molecule has 1 aromatic heterocycles. The molecule has 1 N–H and O–H groups in total. The van der Waals surface area contributed by atoms with Gasteiger partial charge in [0.2, 0.25) is 0 Å². The topological polar surface area (TPSA) is 56.4 Å². The van der Waals surface area contributed by atoms with Crippen molar-refractivity contribution < 1.29 is 4.79 Å². The maximum absolute atomic E-state index is 13.5. The summed E-state index contributed by atoms with van der Waals surface area (Å²) < 4.78 is 0. The van der Waals surface area contributed by atoms with Crippen molar-refractivity contribution in [3.8, 4) is 0 Å². The zero-order valence-electron chi connectivity index (χ0n) is 16.0. The number of hydrogen-bond acceptors (Lipinski definition) is 3. The molecule has 2 aromatic rings. The molecule has 0 bridgehead atoms. The van der Waals surface area contributed by atoms with Crippen LogP contribution in [-0.4, -0.2) is 46.4 Å². The van der Waals surface area contributed by atoms with E-state index >= 15 is 0 Å². The highest BCUT2D eigenvalue weighted by Gasteiger charge is 2.46. The first kappa shape index (κ1) is 18.0. The van der Waals surface area contributed by atoms with Crippen LogP contribution >= 0.6 is 0 Å². The summed E-state index contributed by atoms with van der Waals surface area (Å²) in [6.45, 7) is 2.89. The van der Waals surface area contributed by atoms with Crippen molar-refractivity contribution in [3.05, 3.63) is 69.6 Å². The van der Waals surface area contributed by atoms with E-state index < -0.39 is 0 Å². The fourth-order valence-corrected chi connectivity index (χ4v) is 4.75. The highest BCUT2D eigenvalue weighted by atomic mass is 16.2. The van der Waals surface area contributed by atoms with Gasteiger partial charge < -0.3 is 14.8 Å². The third-order valence-electron chi connectivity index (χ3n) is 6.13. The number of H-pyrrole nitrogens is 1. The number of amides is 1. The molecular formula is C22H27N3O2. The Balaban J connectivity index is 1.77. The van der Waals surface area contributed by atoms with Crippen LogP contribution in [0.4, 0.5) is 0 Å². The normalized spacial score (nSPS) is 25.9. The Bertz CT molecular complexity index is 877. The van der Waals surface area contributed by atoms with Gasteiger partial charge >= 0.3 is 0 Å². The Hall–Kier alpha value is -2.40. The van der Waals surface area contributed by atoms with Crippen molar-refractivity contribution in [2.24, 2.45) is 0 Å². The average Bonchev–Trinajstić information content (AvgIpc) is 2.95. The lowest BCUT2D eigenvalue weighted by Crippen LogP contribution is -2.45. The number of benzene rings is 1. The number of likely N-dealkylation sites (tertiary alicyclic amines) is 2. The Labute approximate surface area is 160 Å². The van der Waals surface area contributed by atoms with E-state index in [1.165, 1.54) is 0 Å². The maximum atomic E-state index is 13.5. The summed E-state index contributed by atoms with van der Waals surface area (Å²) in [5.41, 5.74) is 1.87. The number of fused-ring (bicyclic) bond motifs is 1. The number of carbonyl (C=O) groups excluding carboxylic acids is 1. The quantitative estimate of drug-likeness (QED) is 0.890. The molecule has 2 fully saturated rings. The monoisotopic (exact) mass is 365 g/mol. The van der Waals surface area contributed by atoms with Crippen molar-refractivity contribution in [1.29, 1.82) is 0 Å². The van der Waals surface area contributed by atoms with Gasteiger partial charge in [0, 0.05) is 17.8 Å². The van der Waals surface area contributed by atoms with Crippen LogP contribution in [0.3, 0.4) is 0 Å². The van der Waals surface area contributed by atoms with Crippen LogP contribution in [0.2, 0.25) is 0 Å². The van der Waals surface area contributed by atoms with Crippen molar-refractivity contribution >= 4 is 5.91 Å². The molecule has 1 aromatic carbocycles. The molecule has 142 valence electrons. The van der Waals surface area contributed by atoms with E-state index in [1.54, 1.807) is 12.1 Å². The van der Waals surface area contributed by atoms with Gasteiger partial charge in [-0.05, 0) is 57.5 Å². The van der Waals surface area contributed by atoms with Gasteiger partial charge in [0.05, 0.1) is 6.04 Å². The zero-order valence-corrected chi connectivity index (χ0v) is 16.0. The van der Waals surface area contributed by atoms with Crippen LogP contribution in [0.5, 0.6) is 0 Å². The lowest BCUT2D eigenvalue weighted by atomic mass is 10.0. The number of aromatic nitrogens is 1. The van der Waals surface area contributed by atoms with Gasteiger partial charge in [-0.3, -0.25) is 9.59 Å². The Morgan fingerprint density at radius 1 is 1.07 bits per heavy atom. The molecule has 0 aliphatic carbocycles. The lowest BCUT2D eigenvalue weighted by Gasteiger charge is -2.32. The first-order valence-corrected chi connectivity index (χ1v) is 9.84. The zero-order chi connectivity index (χ0) is 19.0. The second kappa shape index (κ2) is 7.31. The number of nitrogens with one attached hydrogen (secondary N) is 1. The third-order valence-corrected chi connectivity index (χ3v) is 6.13. The minimum absolute atomic E-state index is 0.00922. The van der Waals surface area contributed by atoms with E-state index in [4.69, 9.17) is 0 Å². The van der Waals surface area contributed by atoms with Crippen LogP contribution in [0.15, 0.2) is 47.3 Å². The molecule has 3 atom stereocenters. The van der Waals surface area contributed by atoms with Gasteiger partial charge in [-0.1, -0.05) is 36.8 Å². The Morgan fingerprint density at radius 2 is 1.85 bits per heavy atom. The Morgan fingerprint density at radius 3 is 2.59 bits per heavy atom. The first-order valence-electron chi connectivity index (χ1n) is 9.84. The number of aryl methyl sites for hydroxylation is 1. The van der Waals surface area contributed by atoms with Crippen molar-refractivity contribution in [1.82, 2.24) is 14.8 Å². The van der Waals surface area contributed by atoms with Crippen molar-refractivity contribution in [2.75, 3.05) is 13.6 Å². The SMILES string of the molecule is Cc1ccc(C(=O)N2[C@H](c3ccccc3)C[C@@H]3[C@@H]2CCCCN3C)c(=O)[nH]1. The van der Waals surface area contributed by atoms with Gasteiger partial charge in [-0.15, -0.1) is 0 Å². The molecule has 2 aliphatic heterocycles. The van der Waals surface area contributed by atoms with Gasteiger partial charge in [0.25, 0.3) is 11.5 Å². The molecule has 1 amide bonds. The van der Waals surface area contributed by atoms with Crippen LogP contribution in [0.25, 0.3) is 0 Å². The maximum Gasteiger partial charge on any atom is 0.260 e.